The molecule has 4 nitrogen and oxygen atoms in total. The van der Waals surface area contributed by atoms with Crippen LogP contribution in [0.4, 0.5) is 0 Å². The summed E-state index contributed by atoms with van der Waals surface area (Å²) < 4.78 is 0.0732. The minimum Gasteiger partial charge on any atom is -0.364 e. The quantitative estimate of drug-likeness (QED) is 0.611. The van der Waals surface area contributed by atoms with Crippen molar-refractivity contribution in [3.8, 4) is 0 Å². The largest absolute Gasteiger partial charge is 0.364 e. The number of benzene rings is 1. The van der Waals surface area contributed by atoms with Crippen molar-refractivity contribution < 1.29 is 14.1 Å². The molecule has 3 atom stereocenters. The number of likely N-dealkylation sites (N-methyl/N-ethyl adjacent to an activating group) is 1. The van der Waals surface area contributed by atoms with Crippen molar-refractivity contribution in [2.24, 2.45) is 17.1 Å². The van der Waals surface area contributed by atoms with Crippen LogP contribution in [0.5, 0.6) is 0 Å². The number of amides is 2. The fourth-order valence-electron chi connectivity index (χ4n) is 4.29. The van der Waals surface area contributed by atoms with Crippen LogP contribution in [0, 0.1) is 11.3 Å². The molecule has 1 fully saturated rings. The molecule has 0 radical (unpaired) electrons. The van der Waals surface area contributed by atoms with E-state index in [4.69, 9.17) is 5.73 Å². The van der Waals surface area contributed by atoms with Crippen molar-refractivity contribution >= 4 is 11.8 Å². The number of hydrogen-bond acceptors (Lipinski definition) is 2. The van der Waals surface area contributed by atoms with Gasteiger partial charge in [-0.2, -0.15) is 0 Å². The van der Waals surface area contributed by atoms with Gasteiger partial charge < -0.3 is 5.73 Å². The summed E-state index contributed by atoms with van der Waals surface area (Å²) in [4.78, 5) is 25.8. The van der Waals surface area contributed by atoms with E-state index in [0.717, 1.165) is 24.0 Å². The predicted octanol–water partition coefficient (Wildman–Crippen LogP) is 3.07. The highest BCUT2D eigenvalue weighted by molar-refractivity contribution is 5.86. The van der Waals surface area contributed by atoms with E-state index < -0.39 is 17.4 Å². The predicted molar refractivity (Wildman–Crippen MR) is 101 cm³/mol. The fraction of sp³-hybridized carbons (Fsp3) is 0.524. The van der Waals surface area contributed by atoms with Gasteiger partial charge in [0.05, 0.1) is 13.6 Å². The molecule has 1 unspecified atom stereocenters. The second-order valence-corrected chi connectivity index (χ2v) is 8.11. The lowest BCUT2D eigenvalue weighted by Crippen LogP contribution is -2.61. The van der Waals surface area contributed by atoms with Crippen molar-refractivity contribution in [2.45, 2.75) is 46.1 Å². The molecule has 1 aliphatic rings. The van der Waals surface area contributed by atoms with E-state index in [9.17, 15) is 9.59 Å². The molecule has 2 N–H and O–H groups in total. The van der Waals surface area contributed by atoms with Crippen molar-refractivity contribution in [1.29, 1.82) is 0 Å². The summed E-state index contributed by atoms with van der Waals surface area (Å²) in [5, 5.41) is 0. The first-order valence-electron chi connectivity index (χ1n) is 9.03. The third-order valence-electron chi connectivity index (χ3n) is 5.74. The molecule has 1 aromatic rings. The van der Waals surface area contributed by atoms with Gasteiger partial charge in [0.1, 0.15) is 5.41 Å². The van der Waals surface area contributed by atoms with Crippen LogP contribution in [0.3, 0.4) is 0 Å². The van der Waals surface area contributed by atoms with E-state index in [-0.39, 0.29) is 10.4 Å². The van der Waals surface area contributed by atoms with Gasteiger partial charge in [-0.15, -0.1) is 0 Å². The standard InChI is InChI=1S/C21H30N2O2/c1-15(2)14-21(16(3)4)11-12-23(5,20(21)25)18(19(22)24)13-17-9-7-6-8-10-17/h6-10,15,18H,3,11-14H2,1-2,4-5H3,(H-,22,24)/p+1/t18-,21?,23-/m1/s1. The van der Waals surface area contributed by atoms with Crippen molar-refractivity contribution in [2.75, 3.05) is 13.6 Å². The first kappa shape index (κ1) is 19.4. The summed E-state index contributed by atoms with van der Waals surface area (Å²) >= 11 is 0. The zero-order valence-electron chi connectivity index (χ0n) is 15.9. The van der Waals surface area contributed by atoms with E-state index in [2.05, 4.69) is 20.4 Å². The zero-order chi connectivity index (χ0) is 18.8. The highest BCUT2D eigenvalue weighted by Crippen LogP contribution is 2.47. The van der Waals surface area contributed by atoms with Crippen LogP contribution in [-0.2, 0) is 16.0 Å². The third kappa shape index (κ3) is 3.54. The van der Waals surface area contributed by atoms with Gasteiger partial charge in [-0.05, 0) is 24.8 Å². The summed E-state index contributed by atoms with van der Waals surface area (Å²) in [5.74, 6) is 0.0588. The van der Waals surface area contributed by atoms with Gasteiger partial charge in [-0.25, -0.2) is 4.79 Å². The number of likely N-dealkylation sites (tertiary alicyclic amines) is 1. The Morgan fingerprint density at radius 2 is 1.92 bits per heavy atom. The number of quaternary nitrogens is 1. The Kier molecular flexibility index (Phi) is 5.52. The van der Waals surface area contributed by atoms with E-state index in [0.29, 0.717) is 18.9 Å². The number of carbonyl (C=O) groups is 2. The molecular weight excluding hydrogens is 312 g/mol. The molecule has 1 saturated heterocycles. The third-order valence-corrected chi connectivity index (χ3v) is 5.74. The fourth-order valence-corrected chi connectivity index (χ4v) is 4.29. The van der Waals surface area contributed by atoms with Crippen LogP contribution in [0.15, 0.2) is 42.5 Å². The lowest BCUT2D eigenvalue weighted by atomic mass is 9.73. The normalized spacial score (nSPS) is 27.5. The highest BCUT2D eigenvalue weighted by Gasteiger charge is 2.60. The summed E-state index contributed by atoms with van der Waals surface area (Å²) in [5.41, 5.74) is 7.12. The lowest BCUT2D eigenvalue weighted by molar-refractivity contribution is -0.843. The average Bonchev–Trinajstić information content (AvgIpc) is 2.80. The van der Waals surface area contributed by atoms with Crippen LogP contribution in [-0.4, -0.2) is 35.9 Å². The van der Waals surface area contributed by atoms with Crippen molar-refractivity contribution in [3.63, 3.8) is 0 Å². The number of carbonyl (C=O) groups excluding carboxylic acids is 2. The van der Waals surface area contributed by atoms with Gasteiger partial charge in [0, 0.05) is 12.8 Å². The maximum absolute atomic E-state index is 13.6. The molecule has 1 aliphatic heterocycles. The number of nitrogens with zero attached hydrogens (tertiary/aromatic N) is 1. The first-order valence-corrected chi connectivity index (χ1v) is 9.03. The molecule has 0 saturated carbocycles. The molecule has 0 aliphatic carbocycles. The topological polar surface area (TPSA) is 60.2 Å². The monoisotopic (exact) mass is 343 g/mol. The molecule has 1 aromatic carbocycles. The summed E-state index contributed by atoms with van der Waals surface area (Å²) in [7, 11) is 1.87. The zero-order valence-corrected chi connectivity index (χ0v) is 15.9. The van der Waals surface area contributed by atoms with Gasteiger partial charge in [0.15, 0.2) is 6.04 Å². The molecular formula is C21H31N2O2+. The average molecular weight is 343 g/mol. The Morgan fingerprint density at radius 1 is 1.32 bits per heavy atom. The second-order valence-electron chi connectivity index (χ2n) is 8.11. The maximum Gasteiger partial charge on any atom is 0.324 e. The second kappa shape index (κ2) is 7.12. The van der Waals surface area contributed by atoms with Crippen molar-refractivity contribution in [1.82, 2.24) is 0 Å². The van der Waals surface area contributed by atoms with Crippen LogP contribution in [0.25, 0.3) is 0 Å². The molecule has 2 rings (SSSR count). The minimum absolute atomic E-state index is 0.0732. The Hall–Kier alpha value is -1.94. The molecule has 25 heavy (non-hydrogen) atoms. The molecule has 136 valence electrons. The molecule has 1 heterocycles. The molecule has 0 aromatic heterocycles. The van der Waals surface area contributed by atoms with Crippen LogP contribution in [0.1, 0.15) is 39.2 Å². The van der Waals surface area contributed by atoms with Crippen molar-refractivity contribution in [3.05, 3.63) is 48.0 Å². The van der Waals surface area contributed by atoms with E-state index in [1.54, 1.807) is 0 Å². The molecule has 0 spiro atoms. The number of rotatable bonds is 7. The van der Waals surface area contributed by atoms with E-state index in [1.165, 1.54) is 0 Å². The summed E-state index contributed by atoms with van der Waals surface area (Å²) in [6.07, 6.45) is 1.98. The van der Waals surface area contributed by atoms with E-state index >= 15 is 0 Å². The van der Waals surface area contributed by atoms with Gasteiger partial charge in [0.2, 0.25) is 0 Å². The maximum atomic E-state index is 13.6. The van der Waals surface area contributed by atoms with E-state index in [1.807, 2.05) is 44.3 Å². The molecule has 2 amide bonds. The van der Waals surface area contributed by atoms with Gasteiger partial charge in [-0.3, -0.25) is 9.28 Å². The summed E-state index contributed by atoms with van der Waals surface area (Å²) in [6, 6.07) is 9.22. The first-order chi connectivity index (χ1) is 11.6. The Morgan fingerprint density at radius 3 is 2.40 bits per heavy atom. The van der Waals surface area contributed by atoms with Gasteiger partial charge in [0.25, 0.3) is 5.91 Å². The Bertz CT molecular complexity index is 668. The molecule has 4 heteroatoms. The number of nitrogens with two attached hydrogens (primary N) is 1. The SMILES string of the molecule is C=C(C)C1(CC(C)C)CC[N@+](C)([C@H](Cc2ccccc2)C(N)=O)C1=O. The molecule has 0 bridgehead atoms. The van der Waals surface area contributed by atoms with Crippen LogP contribution < -0.4 is 5.73 Å². The smallest absolute Gasteiger partial charge is 0.324 e. The number of hydrogen-bond donors (Lipinski definition) is 1. The minimum atomic E-state index is -0.553. The Labute approximate surface area is 151 Å². The van der Waals surface area contributed by atoms with Gasteiger partial charge in [-0.1, -0.05) is 56.3 Å². The highest BCUT2D eigenvalue weighted by atomic mass is 16.2. The number of primary amides is 1. The summed E-state index contributed by atoms with van der Waals surface area (Å²) in [6.45, 7) is 10.9. The van der Waals surface area contributed by atoms with Gasteiger partial charge >= 0.3 is 5.91 Å². The Balaban J connectivity index is 2.39. The van der Waals surface area contributed by atoms with Crippen LogP contribution in [0.2, 0.25) is 0 Å². The van der Waals surface area contributed by atoms with Crippen LogP contribution >= 0.6 is 0 Å². The lowest BCUT2D eigenvalue weighted by Gasteiger charge is -2.36.